The normalized spacial score (nSPS) is 14.9. The molecule has 5 nitrogen and oxygen atoms in total. The molecular weight excluding hydrogens is 375 g/mol. The summed E-state index contributed by atoms with van der Waals surface area (Å²) >= 11 is 18.0. The molecule has 3 amide bonds. The maximum Gasteiger partial charge on any atom is 0.335 e. The standard InChI is InChI=1S/C16H11Cl3N2O3/c17-10-4-6-11(7-5-10)20-8-24-9-21(16(20)23)15(22)14-12(18)2-1-3-13(14)19/h1-7H,8-9H2. The summed E-state index contributed by atoms with van der Waals surface area (Å²) in [4.78, 5) is 27.6. The quantitative estimate of drug-likeness (QED) is 0.755. The summed E-state index contributed by atoms with van der Waals surface area (Å²) in [6, 6.07) is 10.8. The summed E-state index contributed by atoms with van der Waals surface area (Å²) in [6.45, 7) is -0.149. The number of ether oxygens (including phenoxy) is 1. The molecule has 0 saturated carbocycles. The van der Waals surface area contributed by atoms with Gasteiger partial charge in [0.2, 0.25) is 0 Å². The summed E-state index contributed by atoms with van der Waals surface area (Å²) in [6.07, 6.45) is 0. The molecule has 0 aliphatic carbocycles. The van der Waals surface area contributed by atoms with Crippen LogP contribution >= 0.6 is 34.8 Å². The van der Waals surface area contributed by atoms with Crippen molar-refractivity contribution in [2.24, 2.45) is 0 Å². The molecule has 1 aliphatic rings. The summed E-state index contributed by atoms with van der Waals surface area (Å²) in [5.74, 6) is -0.616. The van der Waals surface area contributed by atoms with Crippen molar-refractivity contribution < 1.29 is 14.3 Å². The molecule has 0 unspecified atom stereocenters. The fraction of sp³-hybridized carbons (Fsp3) is 0.125. The van der Waals surface area contributed by atoms with E-state index in [1.807, 2.05) is 0 Å². The second-order valence-corrected chi connectivity index (χ2v) is 6.23. The molecule has 0 bridgehead atoms. The molecule has 0 N–H and O–H groups in total. The fourth-order valence-corrected chi connectivity index (χ4v) is 2.95. The number of hydrogen-bond donors (Lipinski definition) is 0. The lowest BCUT2D eigenvalue weighted by atomic mass is 10.2. The number of halogens is 3. The van der Waals surface area contributed by atoms with E-state index in [-0.39, 0.29) is 29.1 Å². The lowest BCUT2D eigenvalue weighted by Gasteiger charge is -2.34. The smallest absolute Gasteiger partial charge is 0.335 e. The SMILES string of the molecule is O=C(c1c(Cl)cccc1Cl)N1COCN(c2ccc(Cl)cc2)C1=O. The molecule has 2 aromatic rings. The summed E-state index contributed by atoms with van der Waals surface area (Å²) in [5, 5.41) is 0.882. The number of benzene rings is 2. The highest BCUT2D eigenvalue weighted by molar-refractivity contribution is 6.40. The minimum absolute atomic E-state index is 0.0283. The molecule has 3 rings (SSSR count). The van der Waals surface area contributed by atoms with Gasteiger partial charge in [0.25, 0.3) is 5.91 Å². The van der Waals surface area contributed by atoms with Gasteiger partial charge >= 0.3 is 6.03 Å². The molecule has 0 atom stereocenters. The Morgan fingerprint density at radius 3 is 2.21 bits per heavy atom. The van der Waals surface area contributed by atoms with Gasteiger partial charge in [-0.1, -0.05) is 40.9 Å². The third kappa shape index (κ3) is 3.21. The van der Waals surface area contributed by atoms with Crippen LogP contribution in [-0.4, -0.2) is 30.3 Å². The Labute approximate surface area is 153 Å². The molecule has 1 heterocycles. The van der Waals surface area contributed by atoms with E-state index in [0.29, 0.717) is 10.7 Å². The van der Waals surface area contributed by atoms with Crippen LogP contribution < -0.4 is 4.90 Å². The second-order valence-electron chi connectivity index (χ2n) is 4.98. The molecule has 8 heteroatoms. The van der Waals surface area contributed by atoms with Gasteiger partial charge in [0.1, 0.15) is 13.5 Å². The Balaban J connectivity index is 1.90. The monoisotopic (exact) mass is 384 g/mol. The average Bonchev–Trinajstić information content (AvgIpc) is 2.56. The number of rotatable bonds is 2. The van der Waals surface area contributed by atoms with Crippen molar-refractivity contribution in [3.8, 4) is 0 Å². The first-order valence-electron chi connectivity index (χ1n) is 6.89. The molecular formula is C16H11Cl3N2O3. The zero-order chi connectivity index (χ0) is 17.3. The van der Waals surface area contributed by atoms with E-state index in [4.69, 9.17) is 39.5 Å². The van der Waals surface area contributed by atoms with Crippen molar-refractivity contribution in [1.29, 1.82) is 0 Å². The van der Waals surface area contributed by atoms with Crippen molar-refractivity contribution in [2.75, 3.05) is 18.4 Å². The third-order valence-electron chi connectivity index (χ3n) is 3.46. The third-order valence-corrected chi connectivity index (χ3v) is 4.34. The van der Waals surface area contributed by atoms with Gasteiger partial charge in [0.05, 0.1) is 15.6 Å². The Kier molecular flexibility index (Phi) is 4.96. The predicted octanol–water partition coefficient (Wildman–Crippen LogP) is 4.66. The molecule has 124 valence electrons. The van der Waals surface area contributed by atoms with E-state index < -0.39 is 11.9 Å². The first-order valence-corrected chi connectivity index (χ1v) is 8.03. The number of hydrogen-bond acceptors (Lipinski definition) is 3. The second kappa shape index (κ2) is 6.99. The lowest BCUT2D eigenvalue weighted by molar-refractivity contribution is 0.0222. The number of carbonyl (C=O) groups is 2. The number of urea groups is 1. The van der Waals surface area contributed by atoms with E-state index in [2.05, 4.69) is 0 Å². The van der Waals surface area contributed by atoms with Crippen LogP contribution in [0.1, 0.15) is 10.4 Å². The number of amides is 3. The Hall–Kier alpha value is -1.79. The van der Waals surface area contributed by atoms with Crippen LogP contribution in [0.25, 0.3) is 0 Å². The predicted molar refractivity (Wildman–Crippen MR) is 92.8 cm³/mol. The van der Waals surface area contributed by atoms with Crippen LogP contribution in [0.15, 0.2) is 42.5 Å². The van der Waals surface area contributed by atoms with Crippen LogP contribution in [-0.2, 0) is 4.74 Å². The average molecular weight is 386 g/mol. The summed E-state index contributed by atoms with van der Waals surface area (Å²) in [5.41, 5.74) is 0.628. The molecule has 2 aromatic carbocycles. The van der Waals surface area contributed by atoms with Crippen molar-refractivity contribution in [3.05, 3.63) is 63.1 Å². The lowest BCUT2D eigenvalue weighted by Crippen LogP contribution is -2.53. The van der Waals surface area contributed by atoms with Crippen LogP contribution in [0.5, 0.6) is 0 Å². The Morgan fingerprint density at radius 1 is 0.958 bits per heavy atom. The maximum atomic E-state index is 12.7. The summed E-state index contributed by atoms with van der Waals surface area (Å²) in [7, 11) is 0. The van der Waals surface area contributed by atoms with Gasteiger partial charge in [-0.15, -0.1) is 0 Å². The van der Waals surface area contributed by atoms with E-state index >= 15 is 0 Å². The molecule has 1 saturated heterocycles. The van der Waals surface area contributed by atoms with Crippen molar-refractivity contribution >= 4 is 52.4 Å². The molecule has 0 radical (unpaired) electrons. The fourth-order valence-electron chi connectivity index (χ4n) is 2.27. The van der Waals surface area contributed by atoms with Gasteiger partial charge in [-0.25, -0.2) is 9.69 Å². The highest BCUT2D eigenvalue weighted by Gasteiger charge is 2.34. The van der Waals surface area contributed by atoms with Gasteiger partial charge in [0.15, 0.2) is 0 Å². The minimum Gasteiger partial charge on any atom is -0.340 e. The highest BCUT2D eigenvalue weighted by atomic mass is 35.5. The largest absolute Gasteiger partial charge is 0.340 e. The molecule has 1 fully saturated rings. The first-order chi connectivity index (χ1) is 11.5. The van der Waals surface area contributed by atoms with Crippen LogP contribution in [0.3, 0.4) is 0 Å². The zero-order valence-electron chi connectivity index (χ0n) is 12.2. The molecule has 24 heavy (non-hydrogen) atoms. The zero-order valence-corrected chi connectivity index (χ0v) is 14.5. The van der Waals surface area contributed by atoms with E-state index in [0.717, 1.165) is 4.90 Å². The Bertz CT molecular complexity index is 775. The first kappa shape index (κ1) is 17.0. The van der Waals surface area contributed by atoms with Crippen LogP contribution in [0.2, 0.25) is 15.1 Å². The van der Waals surface area contributed by atoms with Crippen molar-refractivity contribution in [1.82, 2.24) is 4.90 Å². The topological polar surface area (TPSA) is 49.9 Å². The van der Waals surface area contributed by atoms with Crippen LogP contribution in [0.4, 0.5) is 10.5 Å². The Morgan fingerprint density at radius 2 is 1.58 bits per heavy atom. The molecule has 0 aromatic heterocycles. The number of anilines is 1. The van der Waals surface area contributed by atoms with Gasteiger partial charge in [-0.2, -0.15) is 0 Å². The van der Waals surface area contributed by atoms with E-state index in [9.17, 15) is 9.59 Å². The number of carbonyl (C=O) groups excluding carboxylic acids is 2. The van der Waals surface area contributed by atoms with Gasteiger partial charge in [0, 0.05) is 10.7 Å². The number of nitrogens with zero attached hydrogens (tertiary/aromatic N) is 2. The van der Waals surface area contributed by atoms with E-state index in [1.54, 1.807) is 30.3 Å². The molecule has 1 aliphatic heterocycles. The minimum atomic E-state index is -0.616. The van der Waals surface area contributed by atoms with Crippen LogP contribution in [0, 0.1) is 0 Å². The van der Waals surface area contributed by atoms with E-state index in [1.165, 1.54) is 17.0 Å². The van der Waals surface area contributed by atoms with Crippen molar-refractivity contribution in [3.63, 3.8) is 0 Å². The van der Waals surface area contributed by atoms with Gasteiger partial charge < -0.3 is 4.74 Å². The van der Waals surface area contributed by atoms with Gasteiger partial charge in [-0.3, -0.25) is 9.69 Å². The highest BCUT2D eigenvalue weighted by Crippen LogP contribution is 2.28. The van der Waals surface area contributed by atoms with Gasteiger partial charge in [-0.05, 0) is 36.4 Å². The summed E-state index contributed by atoms with van der Waals surface area (Å²) < 4.78 is 5.36. The number of imide groups is 1. The molecule has 0 spiro atoms. The maximum absolute atomic E-state index is 12.7. The van der Waals surface area contributed by atoms with Crippen molar-refractivity contribution in [2.45, 2.75) is 0 Å².